The van der Waals surface area contributed by atoms with Crippen molar-refractivity contribution in [2.24, 2.45) is 11.3 Å². The fourth-order valence-corrected chi connectivity index (χ4v) is 2.68. The van der Waals surface area contributed by atoms with Gasteiger partial charge in [-0.25, -0.2) is 0 Å². The van der Waals surface area contributed by atoms with Crippen molar-refractivity contribution in [2.45, 2.75) is 58.6 Å². The molecule has 2 unspecified atom stereocenters. The fraction of sp³-hybridized carbons (Fsp3) is 0.867. The van der Waals surface area contributed by atoms with E-state index in [0.717, 1.165) is 19.3 Å². The third-order valence-electron chi connectivity index (χ3n) is 4.11. The number of aliphatic hydroxyl groups excluding tert-OH is 1. The minimum atomic E-state index is -0.462. The number of hydrogen-bond acceptors (Lipinski definition) is 3. The van der Waals surface area contributed by atoms with Crippen molar-refractivity contribution in [3.63, 3.8) is 0 Å². The number of rotatable bonds is 4. The van der Waals surface area contributed by atoms with Gasteiger partial charge in [0.2, 0.25) is 11.8 Å². The largest absolute Gasteiger partial charge is 0.391 e. The second-order valence-corrected chi connectivity index (χ2v) is 7.06. The number of carbonyl (C=O) groups is 2. The van der Waals surface area contributed by atoms with Gasteiger partial charge in [-0.3, -0.25) is 9.59 Å². The topological polar surface area (TPSA) is 69.6 Å². The molecule has 1 aliphatic carbocycles. The SMILES string of the molecule is CC(C)(C)C(=O)N1CCCC1C(=O)NCC(O)C1CC1. The van der Waals surface area contributed by atoms with Crippen LogP contribution in [0, 0.1) is 11.3 Å². The van der Waals surface area contributed by atoms with Gasteiger partial charge in [0.1, 0.15) is 6.04 Å². The van der Waals surface area contributed by atoms with Crippen LogP contribution in [0.4, 0.5) is 0 Å². The van der Waals surface area contributed by atoms with Gasteiger partial charge in [0.05, 0.1) is 6.10 Å². The van der Waals surface area contributed by atoms with Crippen molar-refractivity contribution in [3.8, 4) is 0 Å². The Bertz CT molecular complexity index is 385. The lowest BCUT2D eigenvalue weighted by atomic mass is 9.94. The van der Waals surface area contributed by atoms with E-state index in [4.69, 9.17) is 0 Å². The van der Waals surface area contributed by atoms with Gasteiger partial charge < -0.3 is 15.3 Å². The zero-order valence-electron chi connectivity index (χ0n) is 12.7. The molecule has 1 aliphatic heterocycles. The Hall–Kier alpha value is -1.10. The number of carbonyl (C=O) groups excluding carboxylic acids is 2. The van der Waals surface area contributed by atoms with Crippen LogP contribution < -0.4 is 5.32 Å². The average Bonchev–Trinajstić information content (AvgIpc) is 3.11. The quantitative estimate of drug-likeness (QED) is 0.805. The lowest BCUT2D eigenvalue weighted by Gasteiger charge is -2.30. The van der Waals surface area contributed by atoms with Crippen molar-refractivity contribution in [2.75, 3.05) is 13.1 Å². The minimum Gasteiger partial charge on any atom is -0.391 e. The molecule has 0 aromatic heterocycles. The first-order valence-electron chi connectivity index (χ1n) is 7.57. The van der Waals surface area contributed by atoms with E-state index in [-0.39, 0.29) is 17.9 Å². The number of aliphatic hydroxyl groups is 1. The molecular weight excluding hydrogens is 256 g/mol. The van der Waals surface area contributed by atoms with E-state index in [1.165, 1.54) is 0 Å². The lowest BCUT2D eigenvalue weighted by Crippen LogP contribution is -2.50. The third kappa shape index (κ3) is 3.51. The third-order valence-corrected chi connectivity index (χ3v) is 4.11. The molecule has 1 saturated heterocycles. The van der Waals surface area contributed by atoms with E-state index < -0.39 is 11.5 Å². The number of hydrogen-bond donors (Lipinski definition) is 2. The first-order chi connectivity index (χ1) is 9.30. The van der Waals surface area contributed by atoms with Crippen molar-refractivity contribution in [1.29, 1.82) is 0 Å². The molecule has 1 saturated carbocycles. The lowest BCUT2D eigenvalue weighted by molar-refractivity contribution is -0.144. The van der Waals surface area contributed by atoms with Gasteiger partial charge in [-0.2, -0.15) is 0 Å². The summed E-state index contributed by atoms with van der Waals surface area (Å²) in [5.74, 6) is 0.254. The van der Waals surface area contributed by atoms with Crippen LogP contribution in [-0.2, 0) is 9.59 Å². The van der Waals surface area contributed by atoms with E-state index in [9.17, 15) is 14.7 Å². The monoisotopic (exact) mass is 282 g/mol. The van der Waals surface area contributed by atoms with E-state index in [1.54, 1.807) is 4.90 Å². The predicted molar refractivity (Wildman–Crippen MR) is 75.9 cm³/mol. The summed E-state index contributed by atoms with van der Waals surface area (Å²) in [6, 6.07) is -0.367. The fourth-order valence-electron chi connectivity index (χ4n) is 2.68. The van der Waals surface area contributed by atoms with Gasteiger partial charge in [0.15, 0.2) is 0 Å². The summed E-state index contributed by atoms with van der Waals surface area (Å²) in [6.45, 7) is 6.58. The molecule has 0 spiro atoms. The minimum absolute atomic E-state index is 0.0258. The van der Waals surface area contributed by atoms with Crippen LogP contribution in [0.5, 0.6) is 0 Å². The Morgan fingerprint density at radius 3 is 2.50 bits per heavy atom. The highest BCUT2D eigenvalue weighted by Gasteiger charge is 2.39. The Labute approximate surface area is 120 Å². The number of nitrogens with zero attached hydrogens (tertiary/aromatic N) is 1. The Kier molecular flexibility index (Phi) is 4.37. The maximum Gasteiger partial charge on any atom is 0.242 e. The van der Waals surface area contributed by atoms with Gasteiger partial charge >= 0.3 is 0 Å². The second kappa shape index (κ2) is 5.72. The molecule has 2 amide bonds. The van der Waals surface area contributed by atoms with Gasteiger partial charge in [-0.15, -0.1) is 0 Å². The van der Waals surface area contributed by atoms with Crippen LogP contribution >= 0.6 is 0 Å². The summed E-state index contributed by atoms with van der Waals surface area (Å²) in [7, 11) is 0. The molecule has 1 heterocycles. The normalized spacial score (nSPS) is 24.6. The summed E-state index contributed by atoms with van der Waals surface area (Å²) < 4.78 is 0. The molecule has 0 aromatic carbocycles. The molecule has 2 N–H and O–H groups in total. The highest BCUT2D eigenvalue weighted by Crippen LogP contribution is 2.32. The zero-order valence-corrected chi connectivity index (χ0v) is 12.7. The number of amides is 2. The van der Waals surface area contributed by atoms with E-state index in [2.05, 4.69) is 5.32 Å². The molecule has 20 heavy (non-hydrogen) atoms. The molecule has 2 fully saturated rings. The highest BCUT2D eigenvalue weighted by atomic mass is 16.3. The molecular formula is C15H26N2O3. The summed E-state index contributed by atoms with van der Waals surface area (Å²) >= 11 is 0. The molecule has 2 atom stereocenters. The Morgan fingerprint density at radius 2 is 1.95 bits per heavy atom. The molecule has 5 heteroatoms. The van der Waals surface area contributed by atoms with Crippen LogP contribution in [0.2, 0.25) is 0 Å². The molecule has 0 radical (unpaired) electrons. The standard InChI is InChI=1S/C15H26N2O3/c1-15(2,3)14(20)17-8-4-5-11(17)13(19)16-9-12(18)10-6-7-10/h10-12,18H,4-9H2,1-3H3,(H,16,19). The van der Waals surface area contributed by atoms with Gasteiger partial charge in [-0.1, -0.05) is 20.8 Å². The summed E-state index contributed by atoms with van der Waals surface area (Å²) in [6.07, 6.45) is 3.25. The smallest absolute Gasteiger partial charge is 0.242 e. The summed E-state index contributed by atoms with van der Waals surface area (Å²) in [5.41, 5.74) is -0.462. The zero-order chi connectivity index (χ0) is 14.9. The van der Waals surface area contributed by atoms with E-state index in [1.807, 2.05) is 20.8 Å². The van der Waals surface area contributed by atoms with Gasteiger partial charge in [0, 0.05) is 18.5 Å². The van der Waals surface area contributed by atoms with Crippen molar-refractivity contribution < 1.29 is 14.7 Å². The van der Waals surface area contributed by atoms with E-state index in [0.29, 0.717) is 25.4 Å². The van der Waals surface area contributed by atoms with Gasteiger partial charge in [0.25, 0.3) is 0 Å². The Balaban J connectivity index is 1.89. The number of likely N-dealkylation sites (tertiary alicyclic amines) is 1. The summed E-state index contributed by atoms with van der Waals surface area (Å²) in [4.78, 5) is 26.2. The van der Waals surface area contributed by atoms with Crippen molar-refractivity contribution in [3.05, 3.63) is 0 Å². The summed E-state index contributed by atoms with van der Waals surface area (Å²) in [5, 5.41) is 12.6. The van der Waals surface area contributed by atoms with E-state index >= 15 is 0 Å². The maximum atomic E-state index is 12.3. The van der Waals surface area contributed by atoms with Crippen molar-refractivity contribution in [1.82, 2.24) is 10.2 Å². The highest BCUT2D eigenvalue weighted by molar-refractivity contribution is 5.90. The second-order valence-electron chi connectivity index (χ2n) is 7.06. The number of nitrogens with one attached hydrogen (secondary N) is 1. The molecule has 0 bridgehead atoms. The van der Waals surface area contributed by atoms with Crippen LogP contribution in [-0.4, -0.2) is 47.1 Å². The predicted octanol–water partition coefficient (Wildman–Crippen LogP) is 0.911. The van der Waals surface area contributed by atoms with Crippen LogP contribution in [0.15, 0.2) is 0 Å². The van der Waals surface area contributed by atoms with Crippen LogP contribution in [0.1, 0.15) is 46.5 Å². The molecule has 2 aliphatic rings. The van der Waals surface area contributed by atoms with Crippen LogP contribution in [0.25, 0.3) is 0 Å². The molecule has 0 aromatic rings. The van der Waals surface area contributed by atoms with Crippen molar-refractivity contribution >= 4 is 11.8 Å². The molecule has 2 rings (SSSR count). The first-order valence-corrected chi connectivity index (χ1v) is 7.57. The van der Waals surface area contributed by atoms with Crippen LogP contribution in [0.3, 0.4) is 0 Å². The average molecular weight is 282 g/mol. The Morgan fingerprint density at radius 1 is 1.30 bits per heavy atom. The molecule has 5 nitrogen and oxygen atoms in total. The van der Waals surface area contributed by atoms with Gasteiger partial charge in [-0.05, 0) is 31.6 Å². The maximum absolute atomic E-state index is 12.3. The first kappa shape index (κ1) is 15.3. The molecule has 114 valence electrons.